The smallest absolute Gasteiger partial charge is 0.270 e. The van der Waals surface area contributed by atoms with Crippen molar-refractivity contribution in [1.29, 1.82) is 0 Å². The van der Waals surface area contributed by atoms with Crippen molar-refractivity contribution in [3.8, 4) is 0 Å². The van der Waals surface area contributed by atoms with Gasteiger partial charge in [-0.25, -0.2) is 0 Å². The van der Waals surface area contributed by atoms with Gasteiger partial charge in [0.25, 0.3) is 5.69 Å². The average Bonchev–Trinajstić information content (AvgIpc) is 3.69. The molecule has 196 valence electrons. The van der Waals surface area contributed by atoms with Gasteiger partial charge in [-0.15, -0.1) is 11.3 Å². The van der Waals surface area contributed by atoms with Crippen molar-refractivity contribution in [3.05, 3.63) is 128 Å². The van der Waals surface area contributed by atoms with Crippen LogP contribution in [0.1, 0.15) is 31.2 Å². The van der Waals surface area contributed by atoms with Crippen molar-refractivity contribution in [2.75, 3.05) is 10.2 Å². The third-order valence-corrected chi connectivity index (χ3v) is 9.08. The summed E-state index contributed by atoms with van der Waals surface area (Å²) in [7, 11) is 0. The van der Waals surface area contributed by atoms with Gasteiger partial charge in [0.2, 0.25) is 5.91 Å². The number of ketones is 2. The van der Waals surface area contributed by atoms with E-state index in [4.69, 9.17) is 0 Å². The predicted molar refractivity (Wildman–Crippen MR) is 152 cm³/mol. The molecule has 1 N–H and O–H groups in total. The van der Waals surface area contributed by atoms with E-state index in [1.54, 1.807) is 23.6 Å². The number of non-ortho nitro benzene ring substituents is 1. The van der Waals surface area contributed by atoms with Crippen LogP contribution in [0, 0.1) is 16.0 Å². The third kappa shape index (κ3) is 3.21. The molecular formula is C31H21N3O5S. The molecule has 1 spiro atoms. The van der Waals surface area contributed by atoms with Gasteiger partial charge in [-0.3, -0.25) is 24.5 Å². The molecule has 40 heavy (non-hydrogen) atoms. The number of para-hydroxylation sites is 2. The van der Waals surface area contributed by atoms with Gasteiger partial charge in [0, 0.05) is 29.1 Å². The van der Waals surface area contributed by atoms with E-state index < -0.39 is 34.1 Å². The molecule has 3 aliphatic heterocycles. The maximum absolute atomic E-state index is 14.7. The van der Waals surface area contributed by atoms with Crippen molar-refractivity contribution in [1.82, 2.24) is 0 Å². The van der Waals surface area contributed by atoms with Gasteiger partial charge in [0.15, 0.2) is 11.6 Å². The largest absolute Gasteiger partial charge is 0.352 e. The van der Waals surface area contributed by atoms with Crippen LogP contribution >= 0.6 is 11.3 Å². The fourth-order valence-electron chi connectivity index (χ4n) is 6.64. The van der Waals surface area contributed by atoms with E-state index in [1.807, 2.05) is 59.5 Å². The zero-order valence-corrected chi connectivity index (χ0v) is 21.7. The molecule has 0 bridgehead atoms. The fourth-order valence-corrected chi connectivity index (χ4v) is 7.33. The molecule has 3 aromatic carbocycles. The van der Waals surface area contributed by atoms with Crippen LogP contribution < -0.4 is 10.2 Å². The monoisotopic (exact) mass is 547 g/mol. The number of nitrogens with one attached hydrogen (secondary N) is 1. The topological polar surface area (TPSA) is 110 Å². The molecule has 0 aliphatic carbocycles. The lowest BCUT2D eigenvalue weighted by Gasteiger charge is -2.37. The van der Waals surface area contributed by atoms with E-state index in [2.05, 4.69) is 5.32 Å². The molecule has 1 saturated heterocycles. The molecule has 4 aromatic rings. The van der Waals surface area contributed by atoms with E-state index in [0.717, 1.165) is 11.3 Å². The average molecular weight is 548 g/mol. The zero-order chi connectivity index (χ0) is 27.6. The number of rotatable bonds is 5. The molecule has 0 unspecified atom stereocenters. The number of anilines is 2. The predicted octanol–water partition coefficient (Wildman–Crippen LogP) is 5.51. The summed E-state index contributed by atoms with van der Waals surface area (Å²) >= 11 is 1.28. The molecule has 3 aliphatic rings. The molecule has 4 heterocycles. The number of fused-ring (bicyclic) bond motifs is 6. The normalized spacial score (nSPS) is 23.9. The molecule has 1 aromatic heterocycles. The molecule has 8 nitrogen and oxygen atoms in total. The van der Waals surface area contributed by atoms with Crippen LogP contribution in [0.5, 0.6) is 0 Å². The van der Waals surface area contributed by atoms with Gasteiger partial charge in [-0.2, -0.15) is 0 Å². The molecule has 0 radical (unpaired) electrons. The maximum atomic E-state index is 14.7. The van der Waals surface area contributed by atoms with Crippen molar-refractivity contribution in [2.45, 2.75) is 17.5 Å². The van der Waals surface area contributed by atoms with Crippen LogP contribution in [-0.2, 0) is 10.2 Å². The minimum Gasteiger partial charge on any atom is -0.352 e. The summed E-state index contributed by atoms with van der Waals surface area (Å²) in [6.07, 6.45) is 3.83. The van der Waals surface area contributed by atoms with E-state index in [0.29, 0.717) is 16.1 Å². The number of amides is 1. The Hall–Kier alpha value is -4.89. The first-order chi connectivity index (χ1) is 19.4. The number of carbonyl (C=O) groups excluding carboxylic acids is 3. The fraction of sp³-hybridized carbons (Fsp3) is 0.129. The number of hydrogen-bond acceptors (Lipinski definition) is 7. The summed E-state index contributed by atoms with van der Waals surface area (Å²) in [5.74, 6) is -2.32. The lowest BCUT2D eigenvalue weighted by molar-refractivity contribution is -0.384. The Morgan fingerprint density at radius 3 is 2.55 bits per heavy atom. The van der Waals surface area contributed by atoms with Gasteiger partial charge in [0.05, 0.1) is 21.8 Å². The van der Waals surface area contributed by atoms with E-state index in [9.17, 15) is 24.5 Å². The Morgan fingerprint density at radius 2 is 1.75 bits per heavy atom. The standard InChI is InChI=1S/C31H21N3O5S/c35-28(19-8-5-9-20(17-19)34(38)39)26-27(29(36)24-13-6-16-40-24)33-23-12-4-1-7-18(23)14-15-25(33)31(26)21-10-2-3-11-22(21)32-30(31)37/h1-17,25-27H,(H,32,37)/t25-,26+,27-,31-/m0/s1. The number of thiophene rings is 1. The van der Waals surface area contributed by atoms with Crippen molar-refractivity contribution in [2.24, 2.45) is 5.92 Å². The summed E-state index contributed by atoms with van der Waals surface area (Å²) in [4.78, 5) is 56.8. The first-order valence-electron chi connectivity index (χ1n) is 12.8. The van der Waals surface area contributed by atoms with Crippen LogP contribution in [0.2, 0.25) is 0 Å². The second-order valence-corrected chi connectivity index (χ2v) is 11.0. The van der Waals surface area contributed by atoms with E-state index in [-0.39, 0.29) is 22.9 Å². The Bertz CT molecular complexity index is 1760. The van der Waals surface area contributed by atoms with Gasteiger partial charge < -0.3 is 10.2 Å². The second kappa shape index (κ2) is 8.82. The Morgan fingerprint density at radius 1 is 0.950 bits per heavy atom. The molecule has 4 atom stereocenters. The van der Waals surface area contributed by atoms with Crippen LogP contribution in [0.3, 0.4) is 0 Å². The summed E-state index contributed by atoms with van der Waals surface area (Å²) in [6, 6.07) is 22.1. The molecule has 9 heteroatoms. The highest BCUT2D eigenvalue weighted by molar-refractivity contribution is 7.12. The highest BCUT2D eigenvalue weighted by Crippen LogP contribution is 2.58. The Balaban J connectivity index is 1.54. The Kier molecular flexibility index (Phi) is 5.33. The molecule has 0 saturated carbocycles. The highest BCUT2D eigenvalue weighted by Gasteiger charge is 2.70. The highest BCUT2D eigenvalue weighted by atomic mass is 32.1. The first kappa shape index (κ1) is 24.2. The molecule has 1 fully saturated rings. The minimum absolute atomic E-state index is 0.0804. The summed E-state index contributed by atoms with van der Waals surface area (Å²) < 4.78 is 0. The molecule has 7 rings (SSSR count). The number of carbonyl (C=O) groups is 3. The van der Waals surface area contributed by atoms with Gasteiger partial charge >= 0.3 is 0 Å². The number of nitro groups is 1. The van der Waals surface area contributed by atoms with Crippen LogP contribution in [0.4, 0.5) is 17.1 Å². The Labute approximate surface area is 232 Å². The minimum atomic E-state index is -1.46. The van der Waals surface area contributed by atoms with Crippen molar-refractivity contribution >= 4 is 51.9 Å². The summed E-state index contributed by atoms with van der Waals surface area (Å²) in [5, 5.41) is 16.4. The number of Topliss-reactive ketones (excluding diaryl/α,β-unsaturated/α-hetero) is 2. The summed E-state index contributed by atoms with van der Waals surface area (Å²) in [5.41, 5.74) is 1.21. The third-order valence-electron chi connectivity index (χ3n) is 8.20. The van der Waals surface area contributed by atoms with E-state index in [1.165, 1.54) is 35.6 Å². The number of nitrogens with zero attached hydrogens (tertiary/aromatic N) is 2. The second-order valence-electron chi connectivity index (χ2n) is 10.1. The van der Waals surface area contributed by atoms with Crippen molar-refractivity contribution < 1.29 is 19.3 Å². The van der Waals surface area contributed by atoms with Crippen molar-refractivity contribution in [3.63, 3.8) is 0 Å². The van der Waals surface area contributed by atoms with Gasteiger partial charge in [-0.05, 0) is 34.7 Å². The van der Waals surface area contributed by atoms with E-state index >= 15 is 0 Å². The van der Waals surface area contributed by atoms with Crippen LogP contribution in [-0.4, -0.2) is 34.5 Å². The maximum Gasteiger partial charge on any atom is 0.270 e. The lowest BCUT2D eigenvalue weighted by Crippen LogP contribution is -2.51. The molecular weight excluding hydrogens is 526 g/mol. The lowest BCUT2D eigenvalue weighted by atomic mass is 9.64. The number of hydrogen-bond donors (Lipinski definition) is 1. The SMILES string of the molecule is O=C(c1cccs1)[C@@H]1[C@H](C(=O)c2cccc([N+](=O)[O-])c2)[C@@]2(C(=O)Nc3ccccc32)[C@@H]2C=Cc3ccccc3N12. The first-order valence-corrected chi connectivity index (χ1v) is 13.6. The van der Waals surface area contributed by atoms with Gasteiger partial charge in [-0.1, -0.05) is 66.7 Å². The molecule has 1 amide bonds. The van der Waals surface area contributed by atoms with Crippen LogP contribution in [0.15, 0.2) is 96.4 Å². The number of benzene rings is 3. The summed E-state index contributed by atoms with van der Waals surface area (Å²) in [6.45, 7) is 0. The quantitative estimate of drug-likeness (QED) is 0.200. The van der Waals surface area contributed by atoms with Crippen LogP contribution in [0.25, 0.3) is 6.08 Å². The van der Waals surface area contributed by atoms with Gasteiger partial charge in [0.1, 0.15) is 11.5 Å². The zero-order valence-electron chi connectivity index (χ0n) is 20.9. The number of nitro benzene ring substituents is 1.